The first-order valence-corrected chi connectivity index (χ1v) is 4.81. The second-order valence-electron chi connectivity index (χ2n) is 3.67. The highest BCUT2D eigenvalue weighted by molar-refractivity contribution is 5.94. The molecule has 0 spiro atoms. The normalized spacial score (nSPS) is 16.3. The summed E-state index contributed by atoms with van der Waals surface area (Å²) in [5.74, 6) is -0.489. The molecular weight excluding hydrogens is 197 g/mol. The van der Waals surface area contributed by atoms with Crippen LogP contribution in [0.2, 0.25) is 0 Å². The lowest BCUT2D eigenvalue weighted by Crippen LogP contribution is -2.52. The molecular formula is C10H12FN3O. The van der Waals surface area contributed by atoms with Gasteiger partial charge in [0.25, 0.3) is 5.91 Å². The van der Waals surface area contributed by atoms with Crippen LogP contribution in [0.4, 0.5) is 4.39 Å². The van der Waals surface area contributed by atoms with E-state index in [1.54, 1.807) is 4.90 Å². The Morgan fingerprint density at radius 3 is 3.00 bits per heavy atom. The van der Waals surface area contributed by atoms with Crippen LogP contribution >= 0.6 is 0 Å². The van der Waals surface area contributed by atoms with Crippen molar-refractivity contribution < 1.29 is 9.18 Å². The Kier molecular flexibility index (Phi) is 2.64. The van der Waals surface area contributed by atoms with E-state index in [1.165, 1.54) is 12.3 Å². The summed E-state index contributed by atoms with van der Waals surface area (Å²) in [4.78, 5) is 16.9. The zero-order valence-electron chi connectivity index (χ0n) is 8.19. The Morgan fingerprint density at radius 1 is 1.67 bits per heavy atom. The van der Waals surface area contributed by atoms with Crippen molar-refractivity contribution in [1.82, 2.24) is 9.88 Å². The SMILES string of the molecule is NCC1CN(C(=O)c2ccncc2F)C1. The number of halogens is 1. The Hall–Kier alpha value is -1.49. The highest BCUT2D eigenvalue weighted by Crippen LogP contribution is 2.18. The molecule has 5 heteroatoms. The van der Waals surface area contributed by atoms with E-state index in [-0.39, 0.29) is 11.5 Å². The summed E-state index contributed by atoms with van der Waals surface area (Å²) in [5.41, 5.74) is 5.53. The van der Waals surface area contributed by atoms with Crippen LogP contribution in [0.1, 0.15) is 10.4 Å². The summed E-state index contributed by atoms with van der Waals surface area (Å²) in [6.45, 7) is 1.82. The van der Waals surface area contributed by atoms with Gasteiger partial charge in [0, 0.05) is 25.2 Å². The van der Waals surface area contributed by atoms with Crippen molar-refractivity contribution in [3.05, 3.63) is 29.8 Å². The third-order valence-electron chi connectivity index (χ3n) is 2.58. The summed E-state index contributed by atoms with van der Waals surface area (Å²) in [7, 11) is 0. The number of pyridine rings is 1. The molecule has 0 radical (unpaired) electrons. The first kappa shape index (κ1) is 10.0. The maximum Gasteiger partial charge on any atom is 0.256 e. The van der Waals surface area contributed by atoms with E-state index in [9.17, 15) is 9.18 Å². The lowest BCUT2D eigenvalue weighted by molar-refractivity contribution is 0.0510. The van der Waals surface area contributed by atoms with E-state index >= 15 is 0 Å². The number of nitrogens with two attached hydrogens (primary N) is 1. The maximum absolute atomic E-state index is 13.2. The molecule has 1 aliphatic rings. The van der Waals surface area contributed by atoms with E-state index in [2.05, 4.69) is 4.98 Å². The summed E-state index contributed by atoms with van der Waals surface area (Å²) in [6, 6.07) is 1.40. The average Bonchev–Trinajstić information content (AvgIpc) is 2.16. The van der Waals surface area contributed by atoms with Crippen molar-refractivity contribution in [2.24, 2.45) is 11.7 Å². The minimum absolute atomic E-state index is 0.0838. The van der Waals surface area contributed by atoms with Crippen molar-refractivity contribution in [2.45, 2.75) is 0 Å². The molecule has 4 nitrogen and oxygen atoms in total. The molecule has 2 N–H and O–H groups in total. The molecule has 0 bridgehead atoms. The van der Waals surface area contributed by atoms with Crippen molar-refractivity contribution >= 4 is 5.91 Å². The number of carbonyl (C=O) groups excluding carboxylic acids is 1. The summed E-state index contributed by atoms with van der Waals surface area (Å²) in [5, 5.41) is 0. The molecule has 15 heavy (non-hydrogen) atoms. The number of carbonyl (C=O) groups is 1. The standard InChI is InChI=1S/C10H12FN3O/c11-9-4-13-2-1-8(9)10(15)14-5-7(3-12)6-14/h1-2,4,7H,3,5-6,12H2. The minimum atomic E-state index is -0.571. The number of nitrogens with zero attached hydrogens (tertiary/aromatic N) is 2. The fraction of sp³-hybridized carbons (Fsp3) is 0.400. The monoisotopic (exact) mass is 209 g/mol. The Bertz CT molecular complexity index is 377. The van der Waals surface area contributed by atoms with Gasteiger partial charge in [-0.25, -0.2) is 4.39 Å². The van der Waals surface area contributed by atoms with Crippen LogP contribution in [0.5, 0.6) is 0 Å². The van der Waals surface area contributed by atoms with Gasteiger partial charge >= 0.3 is 0 Å². The molecule has 0 aliphatic carbocycles. The number of likely N-dealkylation sites (tertiary alicyclic amines) is 1. The molecule has 1 aliphatic heterocycles. The van der Waals surface area contributed by atoms with E-state index in [4.69, 9.17) is 5.73 Å². The van der Waals surface area contributed by atoms with Gasteiger partial charge in [0.05, 0.1) is 11.8 Å². The molecule has 0 atom stereocenters. The first-order valence-electron chi connectivity index (χ1n) is 4.81. The van der Waals surface area contributed by atoms with Crippen LogP contribution in [-0.4, -0.2) is 35.4 Å². The number of rotatable bonds is 2. The number of amides is 1. The largest absolute Gasteiger partial charge is 0.338 e. The predicted octanol–water partition coefficient (Wildman–Crippen LogP) is 0.251. The summed E-state index contributed by atoms with van der Waals surface area (Å²) < 4.78 is 13.2. The molecule has 1 fully saturated rings. The van der Waals surface area contributed by atoms with E-state index in [0.29, 0.717) is 25.6 Å². The van der Waals surface area contributed by atoms with Crippen molar-refractivity contribution in [1.29, 1.82) is 0 Å². The van der Waals surface area contributed by atoms with Gasteiger partial charge in [-0.2, -0.15) is 0 Å². The molecule has 2 heterocycles. The van der Waals surface area contributed by atoms with Gasteiger partial charge in [0.1, 0.15) is 0 Å². The highest BCUT2D eigenvalue weighted by Gasteiger charge is 2.31. The third kappa shape index (κ3) is 1.83. The fourth-order valence-electron chi connectivity index (χ4n) is 1.60. The third-order valence-corrected chi connectivity index (χ3v) is 2.58. The van der Waals surface area contributed by atoms with Crippen molar-refractivity contribution in [3.8, 4) is 0 Å². The fourth-order valence-corrected chi connectivity index (χ4v) is 1.60. The van der Waals surface area contributed by atoms with Crippen molar-refractivity contribution in [3.63, 3.8) is 0 Å². The van der Waals surface area contributed by atoms with Crippen LogP contribution in [0, 0.1) is 11.7 Å². The van der Waals surface area contributed by atoms with Crippen LogP contribution in [0.15, 0.2) is 18.5 Å². The number of hydrogen-bond acceptors (Lipinski definition) is 3. The summed E-state index contributed by atoms with van der Waals surface area (Å²) in [6.07, 6.45) is 2.46. The smallest absolute Gasteiger partial charge is 0.256 e. The van der Waals surface area contributed by atoms with Gasteiger partial charge in [-0.1, -0.05) is 0 Å². The van der Waals surface area contributed by atoms with Gasteiger partial charge in [-0.3, -0.25) is 9.78 Å². The molecule has 1 aromatic heterocycles. The predicted molar refractivity (Wildman–Crippen MR) is 52.6 cm³/mol. The minimum Gasteiger partial charge on any atom is -0.338 e. The van der Waals surface area contributed by atoms with Gasteiger partial charge in [-0.15, -0.1) is 0 Å². The number of aromatic nitrogens is 1. The summed E-state index contributed by atoms with van der Waals surface area (Å²) >= 11 is 0. The zero-order chi connectivity index (χ0) is 10.8. The quantitative estimate of drug-likeness (QED) is 0.759. The van der Waals surface area contributed by atoms with Crippen molar-refractivity contribution in [2.75, 3.05) is 19.6 Å². The molecule has 0 unspecified atom stereocenters. The second kappa shape index (κ2) is 3.94. The molecule has 1 amide bonds. The molecule has 0 aromatic carbocycles. The van der Waals surface area contributed by atoms with Gasteiger partial charge in [0.2, 0.25) is 0 Å². The van der Waals surface area contributed by atoms with Gasteiger partial charge in [0.15, 0.2) is 5.82 Å². The van der Waals surface area contributed by atoms with Crippen LogP contribution in [0.25, 0.3) is 0 Å². The maximum atomic E-state index is 13.2. The molecule has 1 saturated heterocycles. The van der Waals surface area contributed by atoms with Gasteiger partial charge in [-0.05, 0) is 12.6 Å². The number of hydrogen-bond donors (Lipinski definition) is 1. The van der Waals surface area contributed by atoms with E-state index < -0.39 is 5.82 Å². The highest BCUT2D eigenvalue weighted by atomic mass is 19.1. The zero-order valence-corrected chi connectivity index (χ0v) is 8.19. The molecule has 2 rings (SSSR count). The molecule has 80 valence electrons. The van der Waals surface area contributed by atoms with Gasteiger partial charge < -0.3 is 10.6 Å². The topological polar surface area (TPSA) is 59.2 Å². The van der Waals surface area contributed by atoms with E-state index in [0.717, 1.165) is 6.20 Å². The average molecular weight is 209 g/mol. The van der Waals surface area contributed by atoms with Crippen LogP contribution in [0.3, 0.4) is 0 Å². The van der Waals surface area contributed by atoms with Crippen LogP contribution < -0.4 is 5.73 Å². The lowest BCUT2D eigenvalue weighted by Gasteiger charge is -2.38. The lowest BCUT2D eigenvalue weighted by atomic mass is 9.99. The van der Waals surface area contributed by atoms with Crippen LogP contribution in [-0.2, 0) is 0 Å². The Morgan fingerprint density at radius 2 is 2.40 bits per heavy atom. The molecule has 1 aromatic rings. The van der Waals surface area contributed by atoms with E-state index in [1.807, 2.05) is 0 Å². The first-order chi connectivity index (χ1) is 7.22. The molecule has 0 saturated carbocycles. The Labute approximate surface area is 86.9 Å². The Balaban J connectivity index is 2.07. The second-order valence-corrected chi connectivity index (χ2v) is 3.67.